The molecule has 0 unspecified atom stereocenters. The zero-order valence-corrected chi connectivity index (χ0v) is 11.0. The molecular formula is C13H22N4. The van der Waals surface area contributed by atoms with Gasteiger partial charge < -0.3 is 10.2 Å². The molecule has 0 bridgehead atoms. The minimum Gasteiger partial charge on any atom is -0.341 e. The van der Waals surface area contributed by atoms with Gasteiger partial charge in [-0.05, 0) is 25.3 Å². The van der Waals surface area contributed by atoms with E-state index in [1.807, 2.05) is 12.4 Å². The van der Waals surface area contributed by atoms with Gasteiger partial charge in [0.15, 0.2) is 0 Å². The van der Waals surface area contributed by atoms with Crippen LogP contribution in [0.5, 0.6) is 0 Å². The van der Waals surface area contributed by atoms with Crippen LogP contribution in [-0.4, -0.2) is 29.6 Å². The highest BCUT2D eigenvalue weighted by Crippen LogP contribution is 2.27. The lowest BCUT2D eigenvalue weighted by Crippen LogP contribution is -2.22. The Hall–Kier alpha value is -1.16. The van der Waals surface area contributed by atoms with Gasteiger partial charge in [-0.1, -0.05) is 13.8 Å². The standard InChI is InChI=1S/C13H22N4/c1-10(2)6-14-7-11-8-15-13(16-9-11)17(3)12-4-5-12/h8-10,12,14H,4-7H2,1-3H3. The molecule has 1 aromatic heterocycles. The van der Waals surface area contributed by atoms with Crippen LogP contribution in [0.2, 0.25) is 0 Å². The molecule has 4 heteroatoms. The fourth-order valence-electron chi connectivity index (χ4n) is 1.75. The summed E-state index contributed by atoms with van der Waals surface area (Å²) in [5.41, 5.74) is 1.15. The molecule has 0 amide bonds. The van der Waals surface area contributed by atoms with E-state index in [1.165, 1.54) is 12.8 Å². The van der Waals surface area contributed by atoms with Gasteiger partial charge in [0.1, 0.15) is 0 Å². The maximum atomic E-state index is 4.41. The Morgan fingerprint density at radius 1 is 1.35 bits per heavy atom. The third kappa shape index (κ3) is 3.66. The maximum Gasteiger partial charge on any atom is 0.225 e. The summed E-state index contributed by atoms with van der Waals surface area (Å²) in [7, 11) is 2.07. The molecule has 0 aromatic carbocycles. The Morgan fingerprint density at radius 2 is 2.00 bits per heavy atom. The summed E-state index contributed by atoms with van der Waals surface area (Å²) in [6.45, 7) is 6.30. The summed E-state index contributed by atoms with van der Waals surface area (Å²) >= 11 is 0. The normalized spacial score (nSPS) is 15.3. The molecule has 1 aromatic rings. The highest BCUT2D eigenvalue weighted by Gasteiger charge is 2.27. The maximum absolute atomic E-state index is 4.41. The molecule has 0 saturated heterocycles. The molecule has 0 atom stereocenters. The molecular weight excluding hydrogens is 212 g/mol. The van der Waals surface area contributed by atoms with Crippen LogP contribution in [0.15, 0.2) is 12.4 Å². The second-order valence-corrected chi connectivity index (χ2v) is 5.26. The first-order chi connectivity index (χ1) is 8.16. The van der Waals surface area contributed by atoms with Crippen molar-refractivity contribution in [3.05, 3.63) is 18.0 Å². The second kappa shape index (κ2) is 5.45. The minimum absolute atomic E-state index is 0.667. The molecule has 1 aliphatic carbocycles. The van der Waals surface area contributed by atoms with E-state index in [4.69, 9.17) is 0 Å². The summed E-state index contributed by atoms with van der Waals surface area (Å²) in [6.07, 6.45) is 6.40. The number of aromatic nitrogens is 2. The van der Waals surface area contributed by atoms with Crippen molar-refractivity contribution < 1.29 is 0 Å². The Balaban J connectivity index is 1.84. The first-order valence-electron chi connectivity index (χ1n) is 6.41. The van der Waals surface area contributed by atoms with E-state index in [1.54, 1.807) is 0 Å². The molecule has 0 spiro atoms. The Kier molecular flexibility index (Phi) is 3.94. The third-order valence-corrected chi connectivity index (χ3v) is 2.98. The summed E-state index contributed by atoms with van der Waals surface area (Å²) in [4.78, 5) is 11.0. The zero-order valence-electron chi connectivity index (χ0n) is 11.0. The van der Waals surface area contributed by atoms with Crippen LogP contribution in [0.4, 0.5) is 5.95 Å². The highest BCUT2D eigenvalue weighted by molar-refractivity contribution is 5.32. The van der Waals surface area contributed by atoms with Gasteiger partial charge in [-0.25, -0.2) is 9.97 Å². The summed E-state index contributed by atoms with van der Waals surface area (Å²) < 4.78 is 0. The lowest BCUT2D eigenvalue weighted by Gasteiger charge is -2.15. The third-order valence-electron chi connectivity index (χ3n) is 2.98. The molecule has 1 fully saturated rings. The van der Waals surface area contributed by atoms with Crippen molar-refractivity contribution in [3.63, 3.8) is 0 Å². The number of anilines is 1. The predicted octanol–water partition coefficient (Wildman–Crippen LogP) is 1.82. The van der Waals surface area contributed by atoms with Gasteiger partial charge >= 0.3 is 0 Å². The van der Waals surface area contributed by atoms with Gasteiger partial charge in [-0.15, -0.1) is 0 Å². The van der Waals surface area contributed by atoms with Crippen molar-refractivity contribution in [3.8, 4) is 0 Å². The molecule has 1 saturated carbocycles. The fraction of sp³-hybridized carbons (Fsp3) is 0.692. The van der Waals surface area contributed by atoms with Gasteiger partial charge in [-0.2, -0.15) is 0 Å². The highest BCUT2D eigenvalue weighted by atomic mass is 15.3. The monoisotopic (exact) mass is 234 g/mol. The second-order valence-electron chi connectivity index (χ2n) is 5.26. The minimum atomic E-state index is 0.667. The molecule has 0 aliphatic heterocycles. The van der Waals surface area contributed by atoms with E-state index in [2.05, 4.69) is 41.1 Å². The molecule has 4 nitrogen and oxygen atoms in total. The van der Waals surface area contributed by atoms with Gasteiger partial charge in [-0.3, -0.25) is 0 Å². The Bertz CT molecular complexity index is 343. The van der Waals surface area contributed by atoms with Gasteiger partial charge in [0, 0.05) is 37.6 Å². The van der Waals surface area contributed by atoms with Crippen molar-refractivity contribution in [2.75, 3.05) is 18.5 Å². The van der Waals surface area contributed by atoms with Crippen molar-refractivity contribution in [1.82, 2.24) is 15.3 Å². The first-order valence-corrected chi connectivity index (χ1v) is 6.41. The van der Waals surface area contributed by atoms with Gasteiger partial charge in [0.05, 0.1) is 0 Å². The molecule has 1 heterocycles. The van der Waals surface area contributed by atoms with Gasteiger partial charge in [0.25, 0.3) is 0 Å². The largest absolute Gasteiger partial charge is 0.341 e. The average molecular weight is 234 g/mol. The Morgan fingerprint density at radius 3 is 2.53 bits per heavy atom. The van der Waals surface area contributed by atoms with E-state index < -0.39 is 0 Å². The van der Waals surface area contributed by atoms with Gasteiger partial charge in [0.2, 0.25) is 5.95 Å². The van der Waals surface area contributed by atoms with E-state index in [0.29, 0.717) is 12.0 Å². The van der Waals surface area contributed by atoms with E-state index >= 15 is 0 Å². The van der Waals surface area contributed by atoms with Crippen LogP contribution in [0.25, 0.3) is 0 Å². The van der Waals surface area contributed by atoms with Crippen LogP contribution in [0.1, 0.15) is 32.3 Å². The molecule has 0 radical (unpaired) electrons. The topological polar surface area (TPSA) is 41.1 Å². The first kappa shape index (κ1) is 12.3. The van der Waals surface area contributed by atoms with Crippen LogP contribution in [-0.2, 0) is 6.54 Å². The smallest absolute Gasteiger partial charge is 0.225 e. The predicted molar refractivity (Wildman–Crippen MR) is 70.0 cm³/mol. The van der Waals surface area contributed by atoms with Crippen LogP contribution in [0, 0.1) is 5.92 Å². The number of nitrogens with one attached hydrogen (secondary N) is 1. The van der Waals surface area contributed by atoms with Crippen molar-refractivity contribution in [2.24, 2.45) is 5.92 Å². The zero-order chi connectivity index (χ0) is 12.3. The van der Waals surface area contributed by atoms with E-state index in [0.717, 1.165) is 24.6 Å². The number of nitrogens with zero attached hydrogens (tertiary/aromatic N) is 3. The van der Waals surface area contributed by atoms with Crippen molar-refractivity contribution in [1.29, 1.82) is 0 Å². The fourth-order valence-corrected chi connectivity index (χ4v) is 1.75. The number of hydrogen-bond donors (Lipinski definition) is 1. The molecule has 17 heavy (non-hydrogen) atoms. The lowest BCUT2D eigenvalue weighted by molar-refractivity contribution is 0.551. The lowest BCUT2D eigenvalue weighted by atomic mass is 10.2. The Labute approximate surface area is 103 Å². The number of hydrogen-bond acceptors (Lipinski definition) is 4. The van der Waals surface area contributed by atoms with Crippen LogP contribution < -0.4 is 10.2 Å². The summed E-state index contributed by atoms with van der Waals surface area (Å²) in [6, 6.07) is 0.667. The molecule has 1 aliphatic rings. The van der Waals surface area contributed by atoms with E-state index in [9.17, 15) is 0 Å². The van der Waals surface area contributed by atoms with Crippen molar-refractivity contribution >= 4 is 5.95 Å². The van der Waals surface area contributed by atoms with Crippen LogP contribution in [0.3, 0.4) is 0 Å². The number of rotatable bonds is 6. The van der Waals surface area contributed by atoms with Crippen molar-refractivity contribution in [2.45, 2.75) is 39.3 Å². The molecule has 94 valence electrons. The van der Waals surface area contributed by atoms with E-state index in [-0.39, 0.29) is 0 Å². The summed E-state index contributed by atoms with van der Waals surface area (Å²) in [5, 5.41) is 3.39. The average Bonchev–Trinajstić information content (AvgIpc) is 3.12. The van der Waals surface area contributed by atoms with Crippen LogP contribution >= 0.6 is 0 Å². The molecule has 2 rings (SSSR count). The SMILES string of the molecule is CC(C)CNCc1cnc(N(C)C2CC2)nc1. The summed E-state index contributed by atoms with van der Waals surface area (Å²) in [5.74, 6) is 1.52. The molecule has 1 N–H and O–H groups in total. The quantitative estimate of drug-likeness (QED) is 0.815.